The van der Waals surface area contributed by atoms with Crippen LogP contribution in [0.5, 0.6) is 0 Å². The summed E-state index contributed by atoms with van der Waals surface area (Å²) in [6.07, 6.45) is 2.60. The van der Waals surface area contributed by atoms with Crippen molar-refractivity contribution in [2.24, 2.45) is 0 Å². The molecule has 2 aromatic rings. The summed E-state index contributed by atoms with van der Waals surface area (Å²) in [7, 11) is 0. The zero-order chi connectivity index (χ0) is 16.9. The van der Waals surface area contributed by atoms with Gasteiger partial charge in [-0.1, -0.05) is 28.1 Å². The summed E-state index contributed by atoms with van der Waals surface area (Å²) in [5.74, 6) is 0. The number of nitrogens with zero attached hydrogens (tertiary/aromatic N) is 1. The molecular formula is C19H22BrN3S. The van der Waals surface area contributed by atoms with E-state index in [4.69, 9.17) is 12.2 Å². The van der Waals surface area contributed by atoms with E-state index in [0.29, 0.717) is 5.11 Å². The predicted octanol–water partition coefficient (Wildman–Crippen LogP) is 5.10. The number of halogens is 1. The van der Waals surface area contributed by atoms with Crippen LogP contribution in [0.1, 0.15) is 31.4 Å². The lowest BCUT2D eigenvalue weighted by molar-refractivity contribution is 0.722. The normalized spacial score (nSPS) is 15.2. The molecule has 0 saturated carbocycles. The third-order valence-electron chi connectivity index (χ3n) is 4.31. The predicted molar refractivity (Wildman–Crippen MR) is 110 cm³/mol. The molecule has 1 atom stereocenters. The van der Waals surface area contributed by atoms with Crippen LogP contribution in [0.25, 0.3) is 0 Å². The maximum absolute atomic E-state index is 5.42. The Morgan fingerprint density at radius 3 is 2.29 bits per heavy atom. The van der Waals surface area contributed by atoms with Gasteiger partial charge in [0.05, 0.1) is 6.04 Å². The maximum atomic E-state index is 5.42. The van der Waals surface area contributed by atoms with Gasteiger partial charge in [0.1, 0.15) is 0 Å². The lowest BCUT2D eigenvalue weighted by atomic mass is 10.1. The minimum absolute atomic E-state index is 0.160. The molecule has 2 aromatic carbocycles. The highest BCUT2D eigenvalue weighted by molar-refractivity contribution is 9.10. The first-order valence-corrected chi connectivity index (χ1v) is 9.50. The minimum atomic E-state index is 0.160. The second-order valence-corrected chi connectivity index (χ2v) is 7.44. The third kappa shape index (κ3) is 4.48. The standard InChI is InChI=1S/C19H22BrN3S/c1-14(21-19(24)22-17-8-6-16(20)7-9-17)15-4-10-18(11-5-15)23-12-2-3-13-23/h4-11,14H,2-3,12-13H2,1H3,(H2,21,22,24). The average molecular weight is 404 g/mol. The lowest BCUT2D eigenvalue weighted by Crippen LogP contribution is -2.30. The van der Waals surface area contributed by atoms with E-state index in [0.717, 1.165) is 10.2 Å². The van der Waals surface area contributed by atoms with Crippen LogP contribution < -0.4 is 15.5 Å². The SMILES string of the molecule is CC(NC(=S)Nc1ccc(Br)cc1)c1ccc(N2CCCC2)cc1. The molecule has 3 nitrogen and oxygen atoms in total. The molecule has 1 aliphatic rings. The van der Waals surface area contributed by atoms with Gasteiger partial charge in [-0.05, 0) is 73.9 Å². The number of anilines is 2. The Hall–Kier alpha value is -1.59. The molecule has 1 aliphatic heterocycles. The Bertz CT molecular complexity index is 679. The van der Waals surface area contributed by atoms with Gasteiger partial charge in [-0.3, -0.25) is 0 Å². The monoisotopic (exact) mass is 403 g/mol. The molecule has 0 radical (unpaired) electrons. The smallest absolute Gasteiger partial charge is 0.171 e. The van der Waals surface area contributed by atoms with Crippen molar-refractivity contribution >= 4 is 44.6 Å². The van der Waals surface area contributed by atoms with Crippen LogP contribution in [0.2, 0.25) is 0 Å². The van der Waals surface area contributed by atoms with Crippen molar-refractivity contribution in [2.45, 2.75) is 25.8 Å². The molecule has 3 rings (SSSR count). The van der Waals surface area contributed by atoms with Crippen LogP contribution in [-0.4, -0.2) is 18.2 Å². The molecule has 0 bridgehead atoms. The van der Waals surface area contributed by atoms with Crippen LogP contribution >= 0.6 is 28.1 Å². The Kier molecular flexibility index (Phi) is 5.74. The van der Waals surface area contributed by atoms with Gasteiger partial charge in [0.15, 0.2) is 5.11 Å². The van der Waals surface area contributed by atoms with Crippen molar-refractivity contribution in [3.8, 4) is 0 Å². The first-order valence-electron chi connectivity index (χ1n) is 8.30. The van der Waals surface area contributed by atoms with Gasteiger partial charge in [-0.15, -0.1) is 0 Å². The fourth-order valence-electron chi connectivity index (χ4n) is 2.93. The van der Waals surface area contributed by atoms with E-state index in [1.54, 1.807) is 0 Å². The van der Waals surface area contributed by atoms with E-state index in [-0.39, 0.29) is 6.04 Å². The van der Waals surface area contributed by atoms with Gasteiger partial charge < -0.3 is 15.5 Å². The molecule has 0 spiro atoms. The van der Waals surface area contributed by atoms with Crippen molar-refractivity contribution in [3.63, 3.8) is 0 Å². The largest absolute Gasteiger partial charge is 0.372 e. The molecule has 0 aromatic heterocycles. The van der Waals surface area contributed by atoms with E-state index in [9.17, 15) is 0 Å². The van der Waals surface area contributed by atoms with Crippen molar-refractivity contribution in [3.05, 3.63) is 58.6 Å². The summed E-state index contributed by atoms with van der Waals surface area (Å²) in [5, 5.41) is 7.19. The highest BCUT2D eigenvalue weighted by Gasteiger charge is 2.13. The summed E-state index contributed by atoms with van der Waals surface area (Å²) >= 11 is 8.85. The van der Waals surface area contributed by atoms with Crippen molar-refractivity contribution in [2.75, 3.05) is 23.3 Å². The highest BCUT2D eigenvalue weighted by atomic mass is 79.9. The van der Waals surface area contributed by atoms with Crippen LogP contribution in [0.4, 0.5) is 11.4 Å². The molecule has 2 N–H and O–H groups in total. The first-order chi connectivity index (χ1) is 11.6. The fraction of sp³-hybridized carbons (Fsp3) is 0.316. The number of nitrogens with one attached hydrogen (secondary N) is 2. The average Bonchev–Trinajstić information content (AvgIpc) is 3.11. The van der Waals surface area contributed by atoms with Gasteiger partial charge in [-0.2, -0.15) is 0 Å². The molecule has 126 valence electrons. The molecule has 0 aliphatic carbocycles. The van der Waals surface area contributed by atoms with Crippen LogP contribution in [-0.2, 0) is 0 Å². The molecular weight excluding hydrogens is 382 g/mol. The summed E-state index contributed by atoms with van der Waals surface area (Å²) in [6.45, 7) is 4.48. The quantitative estimate of drug-likeness (QED) is 0.694. The molecule has 24 heavy (non-hydrogen) atoms. The Morgan fingerprint density at radius 2 is 1.67 bits per heavy atom. The van der Waals surface area contributed by atoms with E-state index >= 15 is 0 Å². The van der Waals surface area contributed by atoms with Crippen molar-refractivity contribution in [1.29, 1.82) is 0 Å². The van der Waals surface area contributed by atoms with Crippen LogP contribution in [0.15, 0.2) is 53.0 Å². The minimum Gasteiger partial charge on any atom is -0.372 e. The second-order valence-electron chi connectivity index (χ2n) is 6.11. The third-order valence-corrected chi connectivity index (χ3v) is 5.06. The second kappa shape index (κ2) is 7.99. The fourth-order valence-corrected chi connectivity index (χ4v) is 3.49. The molecule has 1 heterocycles. The van der Waals surface area contributed by atoms with Gasteiger partial charge in [0.25, 0.3) is 0 Å². The zero-order valence-electron chi connectivity index (χ0n) is 13.8. The summed E-state index contributed by atoms with van der Waals surface area (Å²) < 4.78 is 1.05. The first kappa shape index (κ1) is 17.2. The molecule has 0 amide bonds. The van der Waals surface area contributed by atoms with Crippen molar-refractivity contribution < 1.29 is 0 Å². The number of hydrogen-bond donors (Lipinski definition) is 2. The molecule has 1 unspecified atom stereocenters. The van der Waals surface area contributed by atoms with Gasteiger partial charge in [0.2, 0.25) is 0 Å². The van der Waals surface area contributed by atoms with E-state index in [2.05, 4.69) is 62.7 Å². The summed E-state index contributed by atoms with van der Waals surface area (Å²) in [5.41, 5.74) is 3.53. The number of thiocarbonyl (C=S) groups is 1. The topological polar surface area (TPSA) is 27.3 Å². The van der Waals surface area contributed by atoms with Crippen LogP contribution in [0, 0.1) is 0 Å². The zero-order valence-corrected chi connectivity index (χ0v) is 16.2. The number of benzene rings is 2. The number of rotatable bonds is 4. The van der Waals surface area contributed by atoms with E-state index < -0.39 is 0 Å². The van der Waals surface area contributed by atoms with Gasteiger partial charge in [0, 0.05) is 28.9 Å². The van der Waals surface area contributed by atoms with E-state index in [1.165, 1.54) is 37.2 Å². The van der Waals surface area contributed by atoms with Crippen LogP contribution in [0.3, 0.4) is 0 Å². The van der Waals surface area contributed by atoms with Gasteiger partial charge in [-0.25, -0.2) is 0 Å². The Labute approximate surface area is 157 Å². The Balaban J connectivity index is 1.56. The summed E-state index contributed by atoms with van der Waals surface area (Å²) in [4.78, 5) is 2.45. The van der Waals surface area contributed by atoms with Gasteiger partial charge >= 0.3 is 0 Å². The number of hydrogen-bond acceptors (Lipinski definition) is 2. The lowest BCUT2D eigenvalue weighted by Gasteiger charge is -2.20. The maximum Gasteiger partial charge on any atom is 0.171 e. The molecule has 1 saturated heterocycles. The molecule has 1 fully saturated rings. The van der Waals surface area contributed by atoms with Crippen molar-refractivity contribution in [1.82, 2.24) is 5.32 Å². The Morgan fingerprint density at radius 1 is 1.04 bits per heavy atom. The highest BCUT2D eigenvalue weighted by Crippen LogP contribution is 2.23. The summed E-state index contributed by atoms with van der Waals surface area (Å²) in [6, 6.07) is 16.9. The molecule has 5 heteroatoms. The van der Waals surface area contributed by atoms with E-state index in [1.807, 2.05) is 24.3 Å².